The number of hydrogen-bond acceptors (Lipinski definition) is 6. The summed E-state index contributed by atoms with van der Waals surface area (Å²) in [7, 11) is 0. The van der Waals surface area contributed by atoms with Gasteiger partial charge in [-0.3, -0.25) is 4.79 Å². The number of hydrogen-bond donors (Lipinski definition) is 2. The van der Waals surface area contributed by atoms with Gasteiger partial charge >= 0.3 is 0 Å². The van der Waals surface area contributed by atoms with Gasteiger partial charge in [0.15, 0.2) is 4.34 Å². The molecule has 0 spiro atoms. The van der Waals surface area contributed by atoms with Crippen molar-refractivity contribution in [3.63, 3.8) is 0 Å². The molecular formula is C20H20N4OS2. The van der Waals surface area contributed by atoms with E-state index in [9.17, 15) is 4.79 Å². The molecule has 1 aromatic heterocycles. The van der Waals surface area contributed by atoms with E-state index in [1.54, 1.807) is 6.08 Å². The first-order chi connectivity index (χ1) is 13.2. The lowest BCUT2D eigenvalue weighted by atomic mass is 10.0. The van der Waals surface area contributed by atoms with Gasteiger partial charge in [-0.1, -0.05) is 77.7 Å². The van der Waals surface area contributed by atoms with Gasteiger partial charge in [0.25, 0.3) is 0 Å². The van der Waals surface area contributed by atoms with Crippen LogP contribution in [-0.2, 0) is 4.79 Å². The van der Waals surface area contributed by atoms with E-state index in [2.05, 4.69) is 27.4 Å². The van der Waals surface area contributed by atoms with E-state index in [0.29, 0.717) is 6.54 Å². The average molecular weight is 397 g/mol. The molecule has 1 atom stereocenters. The average Bonchev–Trinajstić information content (AvgIpc) is 3.14. The Balaban J connectivity index is 1.67. The molecule has 27 heavy (non-hydrogen) atoms. The third-order valence-corrected chi connectivity index (χ3v) is 5.79. The van der Waals surface area contributed by atoms with E-state index >= 15 is 0 Å². The second kappa shape index (κ2) is 9.34. The molecule has 2 aromatic carbocycles. The summed E-state index contributed by atoms with van der Waals surface area (Å²) in [6, 6.07) is 17.8. The Morgan fingerprint density at radius 2 is 1.93 bits per heavy atom. The van der Waals surface area contributed by atoms with Crippen LogP contribution < -0.4 is 10.6 Å². The Bertz CT molecular complexity index is 911. The molecule has 0 bridgehead atoms. The minimum Gasteiger partial charge on any atom is -0.357 e. The maximum absolute atomic E-state index is 12.7. The fraction of sp³-hybridized carbons (Fsp3) is 0.150. The van der Waals surface area contributed by atoms with Crippen LogP contribution in [0.1, 0.15) is 6.92 Å². The molecule has 3 rings (SSSR count). The van der Waals surface area contributed by atoms with Gasteiger partial charge in [0, 0.05) is 17.8 Å². The lowest BCUT2D eigenvalue weighted by Crippen LogP contribution is -2.22. The van der Waals surface area contributed by atoms with Crippen LogP contribution in [0.25, 0.3) is 11.1 Å². The number of carbonyl (C=O) groups excluding carboxylic acids is 1. The molecular weight excluding hydrogens is 376 g/mol. The number of rotatable bonds is 8. The number of anilines is 2. The van der Waals surface area contributed by atoms with Crippen LogP contribution in [0.5, 0.6) is 0 Å². The molecule has 138 valence electrons. The molecule has 2 N–H and O–H groups in total. The van der Waals surface area contributed by atoms with Crippen LogP contribution in [0.3, 0.4) is 0 Å². The van der Waals surface area contributed by atoms with E-state index in [1.807, 2.05) is 61.5 Å². The van der Waals surface area contributed by atoms with Crippen LogP contribution >= 0.6 is 23.1 Å². The van der Waals surface area contributed by atoms with Crippen molar-refractivity contribution in [3.05, 3.63) is 67.3 Å². The smallest absolute Gasteiger partial charge is 0.237 e. The summed E-state index contributed by atoms with van der Waals surface area (Å²) >= 11 is 2.82. The first-order valence-electron chi connectivity index (χ1n) is 8.47. The number of thioether (sulfide) groups is 1. The predicted molar refractivity (Wildman–Crippen MR) is 114 cm³/mol. The fourth-order valence-electron chi connectivity index (χ4n) is 2.39. The second-order valence-corrected chi connectivity index (χ2v) is 8.27. The summed E-state index contributed by atoms with van der Waals surface area (Å²) < 4.78 is 0.751. The molecule has 0 aliphatic carbocycles. The van der Waals surface area contributed by atoms with Gasteiger partial charge in [-0.25, -0.2) is 0 Å². The van der Waals surface area contributed by atoms with E-state index in [-0.39, 0.29) is 11.2 Å². The van der Waals surface area contributed by atoms with Crippen LogP contribution in [-0.4, -0.2) is 27.9 Å². The summed E-state index contributed by atoms with van der Waals surface area (Å²) in [5.74, 6) is -0.0702. The number of nitrogens with one attached hydrogen (secondary N) is 2. The summed E-state index contributed by atoms with van der Waals surface area (Å²) in [4.78, 5) is 12.7. The van der Waals surface area contributed by atoms with Crippen molar-refractivity contribution < 1.29 is 4.79 Å². The zero-order chi connectivity index (χ0) is 19.1. The molecule has 0 fully saturated rings. The molecule has 0 saturated carbocycles. The molecule has 0 saturated heterocycles. The van der Waals surface area contributed by atoms with Crippen molar-refractivity contribution in [2.24, 2.45) is 0 Å². The van der Waals surface area contributed by atoms with E-state index in [4.69, 9.17) is 0 Å². The van der Waals surface area contributed by atoms with Gasteiger partial charge in [0.1, 0.15) is 0 Å². The van der Waals surface area contributed by atoms with E-state index < -0.39 is 0 Å². The molecule has 0 aliphatic rings. The Morgan fingerprint density at radius 3 is 2.70 bits per heavy atom. The number of amides is 1. The highest BCUT2D eigenvalue weighted by Crippen LogP contribution is 2.31. The van der Waals surface area contributed by atoms with Gasteiger partial charge in [-0.2, -0.15) is 0 Å². The Hall–Kier alpha value is -2.64. The number of para-hydroxylation sites is 1. The fourth-order valence-corrected chi connectivity index (χ4v) is 4.29. The number of carbonyl (C=O) groups is 1. The standard InChI is InChI=1S/C20H20N4OS2/c1-3-13-21-19-23-24-20(27-19)26-14(2)18(25)22-17-12-8-7-11-16(17)15-9-5-4-6-10-15/h3-12,14H,1,13H2,2H3,(H,21,23)(H,22,25)/t14-/m1/s1. The van der Waals surface area contributed by atoms with Crippen molar-refractivity contribution in [2.45, 2.75) is 16.5 Å². The predicted octanol–water partition coefficient (Wildman–Crippen LogP) is 4.92. The van der Waals surface area contributed by atoms with Crippen molar-refractivity contribution in [3.8, 4) is 11.1 Å². The Morgan fingerprint density at radius 1 is 1.19 bits per heavy atom. The first kappa shape index (κ1) is 19.1. The van der Waals surface area contributed by atoms with Gasteiger partial charge < -0.3 is 10.6 Å². The summed E-state index contributed by atoms with van der Waals surface area (Å²) in [6.45, 7) is 6.15. The van der Waals surface area contributed by atoms with Crippen LogP contribution in [0.15, 0.2) is 71.6 Å². The molecule has 0 unspecified atom stereocenters. The first-order valence-corrected chi connectivity index (χ1v) is 10.2. The molecule has 5 nitrogen and oxygen atoms in total. The molecule has 0 aliphatic heterocycles. The maximum Gasteiger partial charge on any atom is 0.237 e. The Labute approximate surface area is 166 Å². The molecule has 1 amide bonds. The van der Waals surface area contributed by atoms with Gasteiger partial charge in [-0.05, 0) is 18.6 Å². The minimum atomic E-state index is -0.297. The summed E-state index contributed by atoms with van der Waals surface area (Å²) in [5.41, 5.74) is 2.86. The maximum atomic E-state index is 12.7. The lowest BCUT2D eigenvalue weighted by Gasteiger charge is -2.14. The number of nitrogens with zero attached hydrogens (tertiary/aromatic N) is 2. The molecule has 3 aromatic rings. The number of aromatic nitrogens is 2. The summed E-state index contributed by atoms with van der Waals surface area (Å²) in [5, 5.41) is 14.7. The highest BCUT2D eigenvalue weighted by molar-refractivity contribution is 8.02. The largest absolute Gasteiger partial charge is 0.357 e. The van der Waals surface area contributed by atoms with Crippen LogP contribution in [0, 0.1) is 0 Å². The van der Waals surface area contributed by atoms with Crippen molar-refractivity contribution in [1.29, 1.82) is 0 Å². The molecule has 7 heteroatoms. The third kappa shape index (κ3) is 5.18. The number of benzene rings is 2. The van der Waals surface area contributed by atoms with Gasteiger partial charge in [0.05, 0.1) is 5.25 Å². The quantitative estimate of drug-likeness (QED) is 0.418. The third-order valence-electron chi connectivity index (χ3n) is 3.72. The minimum absolute atomic E-state index is 0.0702. The topological polar surface area (TPSA) is 66.9 Å². The van der Waals surface area contributed by atoms with Crippen molar-refractivity contribution >= 4 is 39.8 Å². The van der Waals surface area contributed by atoms with E-state index in [1.165, 1.54) is 23.1 Å². The lowest BCUT2D eigenvalue weighted by molar-refractivity contribution is -0.115. The zero-order valence-corrected chi connectivity index (χ0v) is 16.5. The van der Waals surface area contributed by atoms with Crippen LogP contribution in [0.2, 0.25) is 0 Å². The SMILES string of the molecule is C=CCNc1nnc(S[C@H](C)C(=O)Nc2ccccc2-c2ccccc2)s1. The molecule has 0 radical (unpaired) electrons. The highest BCUT2D eigenvalue weighted by atomic mass is 32.2. The van der Waals surface area contributed by atoms with E-state index in [0.717, 1.165) is 26.3 Å². The van der Waals surface area contributed by atoms with Gasteiger partial charge in [0.2, 0.25) is 11.0 Å². The monoisotopic (exact) mass is 396 g/mol. The molecule has 1 heterocycles. The normalized spacial score (nSPS) is 11.6. The van der Waals surface area contributed by atoms with Crippen molar-refractivity contribution in [2.75, 3.05) is 17.2 Å². The summed E-state index contributed by atoms with van der Waals surface area (Å²) in [6.07, 6.45) is 1.76. The second-order valence-electron chi connectivity index (χ2n) is 5.70. The van der Waals surface area contributed by atoms with Crippen molar-refractivity contribution in [1.82, 2.24) is 10.2 Å². The zero-order valence-electron chi connectivity index (χ0n) is 14.9. The van der Waals surface area contributed by atoms with Crippen LogP contribution in [0.4, 0.5) is 10.8 Å². The highest BCUT2D eigenvalue weighted by Gasteiger charge is 2.18. The van der Waals surface area contributed by atoms with Gasteiger partial charge in [-0.15, -0.1) is 16.8 Å². The Kier molecular flexibility index (Phi) is 6.62.